The average Bonchev–Trinajstić information content (AvgIpc) is 1.86. The maximum atomic E-state index is 2.30. The summed E-state index contributed by atoms with van der Waals surface area (Å²) in [6, 6.07) is 0. The van der Waals surface area contributed by atoms with Crippen molar-refractivity contribution in [3.05, 3.63) is 12.2 Å². The van der Waals surface area contributed by atoms with Gasteiger partial charge in [-0.05, 0) is 32.9 Å². The number of allylic oxidation sites excluding steroid dienone is 2. The molecule has 11 heavy (non-hydrogen) atoms. The molecule has 0 radical (unpaired) electrons. The molecule has 0 aromatic heterocycles. The zero-order valence-electron chi connectivity index (χ0n) is 8.46. The summed E-state index contributed by atoms with van der Waals surface area (Å²) in [7, 11) is 4.25. The Bertz CT molecular complexity index is 116. The van der Waals surface area contributed by atoms with E-state index in [2.05, 4.69) is 51.9 Å². The number of rotatable bonds is 4. The molecule has 0 heterocycles. The maximum Gasteiger partial charge on any atom is 0.000644 e. The first-order valence-corrected chi connectivity index (χ1v) is 4.35. The third-order valence-corrected chi connectivity index (χ3v) is 2.05. The summed E-state index contributed by atoms with van der Waals surface area (Å²) >= 11 is 0. The second kappa shape index (κ2) is 5.36. The first kappa shape index (κ1) is 10.7. The van der Waals surface area contributed by atoms with Crippen LogP contribution in [0.2, 0.25) is 0 Å². The largest absolute Gasteiger partial charge is 0.309 e. The molecule has 0 saturated carbocycles. The van der Waals surface area contributed by atoms with Gasteiger partial charge in [0.05, 0.1) is 0 Å². The predicted octanol–water partition coefficient (Wildman–Crippen LogP) is 2.40. The molecule has 0 bridgehead atoms. The van der Waals surface area contributed by atoms with Gasteiger partial charge in [0.1, 0.15) is 0 Å². The van der Waals surface area contributed by atoms with E-state index in [4.69, 9.17) is 0 Å². The van der Waals surface area contributed by atoms with Crippen molar-refractivity contribution in [1.82, 2.24) is 4.90 Å². The Morgan fingerprint density at radius 3 is 2.18 bits per heavy atom. The molecule has 0 aromatic rings. The first-order valence-electron chi connectivity index (χ1n) is 4.35. The molecule has 2 atom stereocenters. The fraction of sp³-hybridized carbons (Fsp3) is 0.800. The summed E-state index contributed by atoms with van der Waals surface area (Å²) in [6.45, 7) is 7.82. The van der Waals surface area contributed by atoms with Crippen molar-refractivity contribution >= 4 is 0 Å². The minimum absolute atomic E-state index is 0.697. The topological polar surface area (TPSA) is 3.24 Å². The van der Waals surface area contributed by atoms with Crippen molar-refractivity contribution in [2.75, 3.05) is 20.6 Å². The van der Waals surface area contributed by atoms with Gasteiger partial charge in [0.2, 0.25) is 0 Å². The molecule has 0 aromatic carbocycles. The van der Waals surface area contributed by atoms with E-state index in [0.29, 0.717) is 5.92 Å². The standard InChI is InChI=1S/C10H21N/c1-6-7-9(2)10(3)8-11(4)5/h6-7,9-10H,8H2,1-5H3. The van der Waals surface area contributed by atoms with Crippen molar-refractivity contribution in [3.63, 3.8) is 0 Å². The van der Waals surface area contributed by atoms with Crippen LogP contribution in [0.25, 0.3) is 0 Å². The highest BCUT2D eigenvalue weighted by molar-refractivity contribution is 4.86. The summed E-state index contributed by atoms with van der Waals surface area (Å²) in [5.41, 5.74) is 0. The van der Waals surface area contributed by atoms with E-state index >= 15 is 0 Å². The second-order valence-corrected chi connectivity index (χ2v) is 3.62. The summed E-state index contributed by atoms with van der Waals surface area (Å²) in [5.74, 6) is 1.45. The molecule has 66 valence electrons. The van der Waals surface area contributed by atoms with E-state index in [1.54, 1.807) is 0 Å². The lowest BCUT2D eigenvalue weighted by atomic mass is 9.95. The Balaban J connectivity index is 3.72. The monoisotopic (exact) mass is 155 g/mol. The summed E-state index contributed by atoms with van der Waals surface area (Å²) in [5, 5.41) is 0. The zero-order valence-corrected chi connectivity index (χ0v) is 8.46. The lowest BCUT2D eigenvalue weighted by Crippen LogP contribution is -2.23. The molecule has 0 aliphatic rings. The van der Waals surface area contributed by atoms with Crippen LogP contribution < -0.4 is 0 Å². The predicted molar refractivity (Wildman–Crippen MR) is 51.7 cm³/mol. The van der Waals surface area contributed by atoms with Gasteiger partial charge in [0, 0.05) is 6.54 Å². The molecule has 0 N–H and O–H groups in total. The van der Waals surface area contributed by atoms with Crippen LogP contribution in [0.4, 0.5) is 0 Å². The minimum Gasteiger partial charge on any atom is -0.309 e. The molecular weight excluding hydrogens is 134 g/mol. The van der Waals surface area contributed by atoms with E-state index in [0.717, 1.165) is 5.92 Å². The molecule has 0 spiro atoms. The van der Waals surface area contributed by atoms with Crippen LogP contribution in [0.15, 0.2) is 12.2 Å². The third-order valence-electron chi connectivity index (χ3n) is 2.05. The summed E-state index contributed by atoms with van der Waals surface area (Å²) in [6.07, 6.45) is 4.41. The average molecular weight is 155 g/mol. The van der Waals surface area contributed by atoms with Crippen molar-refractivity contribution in [2.24, 2.45) is 11.8 Å². The van der Waals surface area contributed by atoms with Crippen LogP contribution in [-0.2, 0) is 0 Å². The van der Waals surface area contributed by atoms with Gasteiger partial charge in [-0.25, -0.2) is 0 Å². The Kier molecular flexibility index (Phi) is 5.22. The molecule has 1 nitrogen and oxygen atoms in total. The van der Waals surface area contributed by atoms with Crippen LogP contribution in [0.5, 0.6) is 0 Å². The Labute approximate surface area is 71.1 Å². The molecule has 2 unspecified atom stereocenters. The Morgan fingerprint density at radius 2 is 1.82 bits per heavy atom. The van der Waals surface area contributed by atoms with Gasteiger partial charge in [0.25, 0.3) is 0 Å². The summed E-state index contributed by atoms with van der Waals surface area (Å²) in [4.78, 5) is 2.24. The van der Waals surface area contributed by atoms with Gasteiger partial charge >= 0.3 is 0 Å². The number of nitrogens with zero attached hydrogens (tertiary/aromatic N) is 1. The molecular formula is C10H21N. The molecule has 0 aliphatic heterocycles. The molecule has 0 rings (SSSR count). The minimum atomic E-state index is 0.697. The van der Waals surface area contributed by atoms with E-state index in [1.807, 2.05) is 0 Å². The van der Waals surface area contributed by atoms with Crippen LogP contribution in [0.3, 0.4) is 0 Å². The van der Waals surface area contributed by atoms with Gasteiger partial charge < -0.3 is 4.90 Å². The second-order valence-electron chi connectivity index (χ2n) is 3.62. The molecule has 1 heteroatoms. The number of hydrogen-bond donors (Lipinski definition) is 0. The highest BCUT2D eigenvalue weighted by atomic mass is 15.1. The van der Waals surface area contributed by atoms with Gasteiger partial charge in [-0.2, -0.15) is 0 Å². The SMILES string of the molecule is CC=CC(C)C(C)CN(C)C. The van der Waals surface area contributed by atoms with Crippen LogP contribution in [-0.4, -0.2) is 25.5 Å². The van der Waals surface area contributed by atoms with E-state index in [9.17, 15) is 0 Å². The molecule has 0 saturated heterocycles. The van der Waals surface area contributed by atoms with Crippen LogP contribution >= 0.6 is 0 Å². The van der Waals surface area contributed by atoms with Crippen LogP contribution in [0, 0.1) is 11.8 Å². The molecule has 0 aliphatic carbocycles. The zero-order chi connectivity index (χ0) is 8.85. The lowest BCUT2D eigenvalue weighted by molar-refractivity contribution is 0.302. The Morgan fingerprint density at radius 1 is 1.27 bits per heavy atom. The highest BCUT2D eigenvalue weighted by Crippen LogP contribution is 2.12. The van der Waals surface area contributed by atoms with Crippen molar-refractivity contribution < 1.29 is 0 Å². The fourth-order valence-corrected chi connectivity index (χ4v) is 1.24. The lowest BCUT2D eigenvalue weighted by Gasteiger charge is -2.20. The molecule has 0 fully saturated rings. The van der Waals surface area contributed by atoms with Crippen molar-refractivity contribution in [1.29, 1.82) is 0 Å². The number of hydrogen-bond acceptors (Lipinski definition) is 1. The smallest absolute Gasteiger partial charge is 0.000644 e. The van der Waals surface area contributed by atoms with E-state index in [-0.39, 0.29) is 0 Å². The van der Waals surface area contributed by atoms with Crippen LogP contribution in [0.1, 0.15) is 20.8 Å². The maximum absolute atomic E-state index is 2.30. The van der Waals surface area contributed by atoms with Gasteiger partial charge in [-0.1, -0.05) is 26.0 Å². The van der Waals surface area contributed by atoms with Crippen molar-refractivity contribution in [2.45, 2.75) is 20.8 Å². The quantitative estimate of drug-likeness (QED) is 0.563. The van der Waals surface area contributed by atoms with Gasteiger partial charge in [-0.3, -0.25) is 0 Å². The van der Waals surface area contributed by atoms with E-state index < -0.39 is 0 Å². The highest BCUT2D eigenvalue weighted by Gasteiger charge is 2.08. The van der Waals surface area contributed by atoms with Gasteiger partial charge in [0.15, 0.2) is 0 Å². The fourth-order valence-electron chi connectivity index (χ4n) is 1.24. The van der Waals surface area contributed by atoms with Crippen molar-refractivity contribution in [3.8, 4) is 0 Å². The first-order chi connectivity index (χ1) is 5.07. The normalized spacial score (nSPS) is 17.6. The Hall–Kier alpha value is -0.300. The third kappa shape index (κ3) is 5.02. The summed E-state index contributed by atoms with van der Waals surface area (Å²) < 4.78 is 0. The van der Waals surface area contributed by atoms with Gasteiger partial charge in [-0.15, -0.1) is 0 Å². The van der Waals surface area contributed by atoms with E-state index in [1.165, 1.54) is 6.54 Å². The molecule has 0 amide bonds.